The third-order valence-electron chi connectivity index (χ3n) is 1.37. The number of aryl methyl sites for hydroxylation is 1. The Bertz CT molecular complexity index is 354. The number of hydrogen-bond donors (Lipinski definition) is 0. The molecule has 1 atom stereocenters. The smallest absolute Gasteiger partial charge is 0.152 e. The minimum atomic E-state index is -2.50. The van der Waals surface area contributed by atoms with Gasteiger partial charge in [-0.1, -0.05) is 0 Å². The molecular formula is C7H5I2O3S-. The molecule has 6 heteroatoms. The molecule has 1 aromatic rings. The molecule has 0 fully saturated rings. The Balaban J connectivity index is 3.08. The normalized spacial score (nSPS) is 12.6. The van der Waals surface area contributed by atoms with E-state index in [9.17, 15) is 8.76 Å². The molecule has 72 valence electrons. The highest BCUT2D eigenvalue weighted by Gasteiger charge is 2.04. The summed E-state index contributed by atoms with van der Waals surface area (Å²) < 4.78 is 27.0. The first-order valence-corrected chi connectivity index (χ1v) is 6.39. The van der Waals surface area contributed by atoms with Crippen molar-refractivity contribution < 1.29 is 12.9 Å². The van der Waals surface area contributed by atoms with Gasteiger partial charge in [-0.3, -0.25) is 0 Å². The number of halogens is 2. The lowest BCUT2D eigenvalue weighted by atomic mass is 10.2. The fourth-order valence-electron chi connectivity index (χ4n) is 0.768. The summed E-state index contributed by atoms with van der Waals surface area (Å²) >= 11 is 1.72. The average molecular weight is 423 g/mol. The second kappa shape index (κ2) is 4.89. The summed E-state index contributed by atoms with van der Waals surface area (Å²) in [5.41, 5.74) is 1.00. The molecule has 0 aliphatic rings. The Morgan fingerprint density at radius 2 is 2.00 bits per heavy atom. The average Bonchev–Trinajstić information content (AvgIpc) is 1.99. The third kappa shape index (κ3) is 3.33. The largest absolute Gasteiger partial charge is 0.740 e. The maximum atomic E-state index is 10.3. The number of hydrogen-bond acceptors (Lipinski definition) is 3. The van der Waals surface area contributed by atoms with Crippen molar-refractivity contribution in [3.8, 4) is 5.75 Å². The highest BCUT2D eigenvalue weighted by Crippen LogP contribution is 2.26. The molecule has 0 heterocycles. The molecule has 0 saturated carbocycles. The minimum absolute atomic E-state index is 0.381. The van der Waals surface area contributed by atoms with Gasteiger partial charge in [-0.25, -0.2) is 4.21 Å². The third-order valence-corrected chi connectivity index (χ3v) is 3.69. The van der Waals surface area contributed by atoms with E-state index in [1.54, 1.807) is 6.07 Å². The van der Waals surface area contributed by atoms with Crippen molar-refractivity contribution in [2.75, 3.05) is 0 Å². The predicted octanol–water partition coefficient (Wildman–Crippen LogP) is 2.38. The van der Waals surface area contributed by atoms with E-state index in [0.717, 1.165) is 12.7 Å². The first-order chi connectivity index (χ1) is 6.00. The zero-order valence-corrected chi connectivity index (χ0v) is 11.7. The van der Waals surface area contributed by atoms with E-state index in [1.165, 1.54) is 0 Å². The van der Waals surface area contributed by atoms with Gasteiger partial charge in [0.05, 0.1) is 3.57 Å². The molecule has 0 bridgehead atoms. The van der Waals surface area contributed by atoms with Crippen LogP contribution in [0.1, 0.15) is 5.56 Å². The molecule has 0 N–H and O–H groups in total. The second-order valence-electron chi connectivity index (χ2n) is 2.32. The van der Waals surface area contributed by atoms with E-state index in [1.807, 2.05) is 35.6 Å². The number of rotatable bonds is 2. The molecule has 1 aromatic carbocycles. The summed E-state index contributed by atoms with van der Waals surface area (Å²) in [7, 11) is 0. The van der Waals surface area contributed by atoms with Gasteiger partial charge in [-0.15, -0.1) is 0 Å². The van der Waals surface area contributed by atoms with Crippen molar-refractivity contribution in [1.29, 1.82) is 0 Å². The molecule has 0 spiro atoms. The van der Waals surface area contributed by atoms with Crippen LogP contribution in [-0.2, 0) is 11.4 Å². The van der Waals surface area contributed by atoms with E-state index in [2.05, 4.69) is 26.8 Å². The summed E-state index contributed by atoms with van der Waals surface area (Å²) in [6, 6.07) is 3.58. The summed E-state index contributed by atoms with van der Waals surface area (Å²) in [5, 5.41) is 0. The van der Waals surface area contributed by atoms with Crippen molar-refractivity contribution in [2.45, 2.75) is 6.92 Å². The maximum Gasteiger partial charge on any atom is 0.152 e. The molecular weight excluding hydrogens is 418 g/mol. The highest BCUT2D eigenvalue weighted by molar-refractivity contribution is 14.1. The van der Waals surface area contributed by atoms with Crippen LogP contribution in [0.25, 0.3) is 0 Å². The predicted molar refractivity (Wildman–Crippen MR) is 66.2 cm³/mol. The van der Waals surface area contributed by atoms with Gasteiger partial charge in [0.1, 0.15) is 11.4 Å². The molecule has 0 radical (unpaired) electrons. The van der Waals surface area contributed by atoms with Gasteiger partial charge in [-0.05, 0) is 69.8 Å². The van der Waals surface area contributed by atoms with Gasteiger partial charge in [0.2, 0.25) is 0 Å². The quantitative estimate of drug-likeness (QED) is 0.543. The molecule has 0 aliphatic carbocycles. The zero-order chi connectivity index (χ0) is 10.0. The fraction of sp³-hybridized carbons (Fsp3) is 0.143. The van der Waals surface area contributed by atoms with Crippen LogP contribution >= 0.6 is 45.2 Å². The molecule has 0 aromatic heterocycles. The van der Waals surface area contributed by atoms with E-state index < -0.39 is 11.4 Å². The molecule has 0 saturated heterocycles. The Labute approximate surface area is 106 Å². The monoisotopic (exact) mass is 423 g/mol. The van der Waals surface area contributed by atoms with E-state index in [-0.39, 0.29) is 0 Å². The van der Waals surface area contributed by atoms with Crippen LogP contribution in [0.4, 0.5) is 0 Å². The van der Waals surface area contributed by atoms with Crippen LogP contribution in [0.2, 0.25) is 0 Å². The van der Waals surface area contributed by atoms with Gasteiger partial charge in [-0.2, -0.15) is 0 Å². The van der Waals surface area contributed by atoms with Crippen LogP contribution < -0.4 is 4.18 Å². The number of benzene rings is 1. The fourth-order valence-corrected chi connectivity index (χ4v) is 2.84. The first kappa shape index (κ1) is 11.7. The van der Waals surface area contributed by atoms with Crippen molar-refractivity contribution >= 4 is 56.5 Å². The van der Waals surface area contributed by atoms with E-state index >= 15 is 0 Å². The first-order valence-electron chi connectivity index (χ1n) is 3.24. The highest BCUT2D eigenvalue weighted by atomic mass is 127. The van der Waals surface area contributed by atoms with Crippen LogP contribution in [0.5, 0.6) is 5.75 Å². The van der Waals surface area contributed by atoms with E-state index in [0.29, 0.717) is 5.75 Å². The van der Waals surface area contributed by atoms with Gasteiger partial charge in [0, 0.05) is 3.57 Å². The van der Waals surface area contributed by atoms with E-state index in [4.69, 9.17) is 0 Å². The zero-order valence-electron chi connectivity index (χ0n) is 6.54. The summed E-state index contributed by atoms with van der Waals surface area (Å²) in [4.78, 5) is 0. The lowest BCUT2D eigenvalue weighted by molar-refractivity contribution is 0.439. The Morgan fingerprint density at radius 3 is 2.54 bits per heavy atom. The van der Waals surface area contributed by atoms with Crippen LogP contribution in [-0.4, -0.2) is 8.76 Å². The topological polar surface area (TPSA) is 49.4 Å². The Hall–Kier alpha value is 0.590. The van der Waals surface area contributed by atoms with Crippen molar-refractivity contribution in [3.05, 3.63) is 24.8 Å². The van der Waals surface area contributed by atoms with Crippen molar-refractivity contribution in [2.24, 2.45) is 0 Å². The molecule has 1 rings (SSSR count). The lowest BCUT2D eigenvalue weighted by Crippen LogP contribution is -2.00. The Kier molecular flexibility index (Phi) is 4.39. The molecule has 0 aliphatic heterocycles. The van der Waals surface area contributed by atoms with Gasteiger partial charge >= 0.3 is 0 Å². The second-order valence-corrected chi connectivity index (χ2v) is 5.22. The summed E-state index contributed by atoms with van der Waals surface area (Å²) in [5.74, 6) is 0.381. The minimum Gasteiger partial charge on any atom is -0.740 e. The van der Waals surface area contributed by atoms with Crippen molar-refractivity contribution in [1.82, 2.24) is 0 Å². The molecule has 0 amide bonds. The van der Waals surface area contributed by atoms with Gasteiger partial charge in [0.15, 0.2) is 5.75 Å². The SMILES string of the molecule is Cc1cc(OS(=O)[O-])c(I)cc1I. The Morgan fingerprint density at radius 1 is 1.38 bits per heavy atom. The van der Waals surface area contributed by atoms with Gasteiger partial charge < -0.3 is 8.74 Å². The summed E-state index contributed by atoms with van der Waals surface area (Å²) in [6.07, 6.45) is 0. The molecule has 1 unspecified atom stereocenters. The van der Waals surface area contributed by atoms with Crippen LogP contribution in [0.3, 0.4) is 0 Å². The maximum absolute atomic E-state index is 10.3. The van der Waals surface area contributed by atoms with Crippen LogP contribution in [0, 0.1) is 14.1 Å². The summed E-state index contributed by atoms with van der Waals surface area (Å²) in [6.45, 7) is 1.90. The standard InChI is InChI=1S/C7H6I2O3S/c1-4-2-7(12-13(10)11)6(9)3-5(4)8/h2-3H,1H3,(H,10,11)/p-1. The van der Waals surface area contributed by atoms with Gasteiger partial charge in [0.25, 0.3) is 0 Å². The van der Waals surface area contributed by atoms with Crippen molar-refractivity contribution in [3.63, 3.8) is 0 Å². The molecule has 3 nitrogen and oxygen atoms in total. The van der Waals surface area contributed by atoms with Crippen LogP contribution in [0.15, 0.2) is 12.1 Å². The lowest BCUT2D eigenvalue weighted by Gasteiger charge is -2.10. The molecule has 13 heavy (non-hydrogen) atoms.